The van der Waals surface area contributed by atoms with Gasteiger partial charge in [-0.2, -0.15) is 0 Å². The number of methoxy groups -OCH3 is 1. The molecule has 0 aliphatic rings. The lowest BCUT2D eigenvalue weighted by Crippen LogP contribution is -1.99. The summed E-state index contributed by atoms with van der Waals surface area (Å²) in [5.74, 6) is 0. The third kappa shape index (κ3) is 1.76. The standard InChI is InChI=1S/C4H6BrN3O/c1-9-3-8-2-6-4(5)7-8/h2H,3H2,1H3. The maximum atomic E-state index is 4.78. The lowest BCUT2D eigenvalue weighted by atomic mass is 11.1. The maximum absolute atomic E-state index is 4.78. The number of hydrogen-bond donors (Lipinski definition) is 0. The van der Waals surface area contributed by atoms with E-state index in [4.69, 9.17) is 4.74 Å². The number of rotatable bonds is 2. The van der Waals surface area contributed by atoms with Gasteiger partial charge in [0.1, 0.15) is 13.1 Å². The van der Waals surface area contributed by atoms with Crippen LogP contribution in [0.15, 0.2) is 11.1 Å². The summed E-state index contributed by atoms with van der Waals surface area (Å²) in [4.78, 5) is 3.82. The minimum atomic E-state index is 0.443. The van der Waals surface area contributed by atoms with Gasteiger partial charge in [-0.05, 0) is 15.9 Å². The minimum absolute atomic E-state index is 0.443. The molecule has 9 heavy (non-hydrogen) atoms. The second kappa shape index (κ2) is 2.93. The van der Waals surface area contributed by atoms with Crippen LogP contribution in [0.1, 0.15) is 0 Å². The fraction of sp³-hybridized carbons (Fsp3) is 0.500. The summed E-state index contributed by atoms with van der Waals surface area (Å²) in [7, 11) is 1.61. The summed E-state index contributed by atoms with van der Waals surface area (Å²) in [6, 6.07) is 0. The van der Waals surface area contributed by atoms with E-state index in [2.05, 4.69) is 26.0 Å². The van der Waals surface area contributed by atoms with Gasteiger partial charge in [-0.15, -0.1) is 5.10 Å². The van der Waals surface area contributed by atoms with E-state index in [-0.39, 0.29) is 0 Å². The molecular formula is C4H6BrN3O. The summed E-state index contributed by atoms with van der Waals surface area (Å²) in [6.07, 6.45) is 1.59. The van der Waals surface area contributed by atoms with E-state index >= 15 is 0 Å². The van der Waals surface area contributed by atoms with Crippen molar-refractivity contribution >= 4 is 15.9 Å². The van der Waals surface area contributed by atoms with Crippen molar-refractivity contribution in [3.05, 3.63) is 11.1 Å². The van der Waals surface area contributed by atoms with Crippen LogP contribution >= 0.6 is 15.9 Å². The van der Waals surface area contributed by atoms with Gasteiger partial charge in [-0.3, -0.25) is 0 Å². The molecule has 0 aliphatic carbocycles. The molecule has 0 radical (unpaired) electrons. The Morgan fingerprint density at radius 2 is 2.67 bits per heavy atom. The van der Waals surface area contributed by atoms with Gasteiger partial charge in [0.15, 0.2) is 0 Å². The Labute approximate surface area is 61.0 Å². The average Bonchev–Trinajstić information content (AvgIpc) is 2.17. The van der Waals surface area contributed by atoms with Gasteiger partial charge in [-0.1, -0.05) is 0 Å². The fourth-order valence-corrected chi connectivity index (χ4v) is 0.762. The van der Waals surface area contributed by atoms with Crippen molar-refractivity contribution in [3.8, 4) is 0 Å². The van der Waals surface area contributed by atoms with Crippen LogP contribution in [-0.4, -0.2) is 21.9 Å². The topological polar surface area (TPSA) is 39.9 Å². The summed E-state index contributed by atoms with van der Waals surface area (Å²) in [5, 5.41) is 3.90. The number of aromatic nitrogens is 3. The van der Waals surface area contributed by atoms with E-state index in [1.165, 1.54) is 0 Å². The molecule has 0 unspecified atom stereocenters. The van der Waals surface area contributed by atoms with Gasteiger partial charge in [0.2, 0.25) is 4.73 Å². The summed E-state index contributed by atoms with van der Waals surface area (Å²) < 4.78 is 6.95. The van der Waals surface area contributed by atoms with Gasteiger partial charge in [-0.25, -0.2) is 9.67 Å². The van der Waals surface area contributed by atoms with Gasteiger partial charge in [0.05, 0.1) is 0 Å². The van der Waals surface area contributed by atoms with Gasteiger partial charge in [0, 0.05) is 7.11 Å². The molecule has 0 aromatic carbocycles. The Balaban J connectivity index is 2.61. The molecule has 0 amide bonds. The molecule has 0 spiro atoms. The van der Waals surface area contributed by atoms with Crippen LogP contribution in [0, 0.1) is 0 Å². The van der Waals surface area contributed by atoms with Crippen molar-refractivity contribution in [1.29, 1.82) is 0 Å². The third-order valence-corrected chi connectivity index (χ3v) is 1.13. The fourth-order valence-electron chi connectivity index (χ4n) is 0.466. The van der Waals surface area contributed by atoms with E-state index < -0.39 is 0 Å². The van der Waals surface area contributed by atoms with Crippen molar-refractivity contribution in [3.63, 3.8) is 0 Å². The SMILES string of the molecule is COCn1cnc(Br)n1. The van der Waals surface area contributed by atoms with E-state index in [9.17, 15) is 0 Å². The first-order valence-electron chi connectivity index (χ1n) is 2.37. The van der Waals surface area contributed by atoms with Crippen LogP contribution in [0.25, 0.3) is 0 Å². The predicted octanol–water partition coefficient (Wildman–Crippen LogP) is 0.645. The molecule has 0 N–H and O–H groups in total. The smallest absolute Gasteiger partial charge is 0.217 e. The quantitative estimate of drug-likeness (QED) is 0.690. The molecule has 0 bridgehead atoms. The van der Waals surface area contributed by atoms with Crippen molar-refractivity contribution in [1.82, 2.24) is 14.8 Å². The highest BCUT2D eigenvalue weighted by atomic mass is 79.9. The first kappa shape index (κ1) is 6.70. The number of hydrogen-bond acceptors (Lipinski definition) is 3. The zero-order valence-corrected chi connectivity index (χ0v) is 6.50. The van der Waals surface area contributed by atoms with Crippen molar-refractivity contribution in [2.24, 2.45) is 0 Å². The number of halogens is 1. The second-order valence-corrected chi connectivity index (χ2v) is 2.18. The van der Waals surface area contributed by atoms with Gasteiger partial charge >= 0.3 is 0 Å². The minimum Gasteiger partial charge on any atom is -0.362 e. The van der Waals surface area contributed by atoms with Crippen molar-refractivity contribution < 1.29 is 4.74 Å². The van der Waals surface area contributed by atoms with E-state index in [0.717, 1.165) is 0 Å². The van der Waals surface area contributed by atoms with E-state index in [1.807, 2.05) is 0 Å². The van der Waals surface area contributed by atoms with Crippen LogP contribution in [-0.2, 0) is 11.5 Å². The highest BCUT2D eigenvalue weighted by Crippen LogP contribution is 1.97. The van der Waals surface area contributed by atoms with E-state index in [0.29, 0.717) is 11.5 Å². The summed E-state index contributed by atoms with van der Waals surface area (Å²) >= 11 is 3.10. The molecule has 50 valence electrons. The third-order valence-electron chi connectivity index (χ3n) is 0.770. The summed E-state index contributed by atoms with van der Waals surface area (Å²) in [6.45, 7) is 0.443. The molecule has 0 atom stereocenters. The van der Waals surface area contributed by atoms with Crippen molar-refractivity contribution in [2.75, 3.05) is 7.11 Å². The molecule has 1 aromatic heterocycles. The van der Waals surface area contributed by atoms with E-state index in [1.54, 1.807) is 18.1 Å². The van der Waals surface area contributed by atoms with Crippen LogP contribution < -0.4 is 0 Å². The molecule has 0 aliphatic heterocycles. The van der Waals surface area contributed by atoms with Crippen LogP contribution in [0.5, 0.6) is 0 Å². The Morgan fingerprint density at radius 3 is 3.11 bits per heavy atom. The molecule has 0 fully saturated rings. The molecular weight excluding hydrogens is 186 g/mol. The molecule has 1 rings (SSSR count). The zero-order valence-electron chi connectivity index (χ0n) is 4.91. The van der Waals surface area contributed by atoms with Crippen molar-refractivity contribution in [2.45, 2.75) is 6.73 Å². The maximum Gasteiger partial charge on any atom is 0.217 e. The number of ether oxygens (including phenoxy) is 1. The Kier molecular flexibility index (Phi) is 2.18. The Hall–Kier alpha value is -0.420. The average molecular weight is 192 g/mol. The van der Waals surface area contributed by atoms with Gasteiger partial charge in [0.25, 0.3) is 0 Å². The van der Waals surface area contributed by atoms with Crippen LogP contribution in [0.2, 0.25) is 0 Å². The van der Waals surface area contributed by atoms with Crippen LogP contribution in [0.4, 0.5) is 0 Å². The molecule has 5 heteroatoms. The molecule has 1 heterocycles. The molecule has 0 saturated carbocycles. The lowest BCUT2D eigenvalue weighted by Gasteiger charge is -1.93. The molecule has 0 saturated heterocycles. The zero-order chi connectivity index (χ0) is 6.69. The number of nitrogens with zero attached hydrogens (tertiary/aromatic N) is 3. The lowest BCUT2D eigenvalue weighted by molar-refractivity contribution is 0.120. The Morgan fingerprint density at radius 1 is 1.89 bits per heavy atom. The largest absolute Gasteiger partial charge is 0.362 e. The Bertz CT molecular complexity index is 188. The highest BCUT2D eigenvalue weighted by Gasteiger charge is 1.92. The first-order chi connectivity index (χ1) is 4.33. The van der Waals surface area contributed by atoms with Gasteiger partial charge < -0.3 is 4.74 Å². The van der Waals surface area contributed by atoms with Crippen LogP contribution in [0.3, 0.4) is 0 Å². The first-order valence-corrected chi connectivity index (χ1v) is 3.16. The summed E-state index contributed by atoms with van der Waals surface area (Å²) in [5.41, 5.74) is 0. The monoisotopic (exact) mass is 191 g/mol. The molecule has 4 nitrogen and oxygen atoms in total. The predicted molar refractivity (Wildman–Crippen MR) is 34.7 cm³/mol. The normalized spacial score (nSPS) is 10.0. The molecule has 1 aromatic rings. The second-order valence-electron chi connectivity index (χ2n) is 1.47. The highest BCUT2D eigenvalue weighted by molar-refractivity contribution is 9.10.